The van der Waals surface area contributed by atoms with Crippen LogP contribution in [0.5, 0.6) is 0 Å². The van der Waals surface area contributed by atoms with Crippen LogP contribution in [0.25, 0.3) is 5.69 Å². The van der Waals surface area contributed by atoms with E-state index in [1.54, 1.807) is 0 Å². The summed E-state index contributed by atoms with van der Waals surface area (Å²) >= 11 is 3.52. The Kier molecular flexibility index (Phi) is 4.11. The van der Waals surface area contributed by atoms with Crippen LogP contribution in [0.1, 0.15) is 32.0 Å². The molecule has 19 heavy (non-hydrogen) atoms. The molecule has 0 spiro atoms. The van der Waals surface area contributed by atoms with E-state index in [1.165, 1.54) is 5.56 Å². The summed E-state index contributed by atoms with van der Waals surface area (Å²) in [6, 6.07) is 8.34. The van der Waals surface area contributed by atoms with Crippen LogP contribution < -0.4 is 5.32 Å². The molecular formula is C15H20BrN3. The van der Waals surface area contributed by atoms with E-state index in [1.807, 2.05) is 10.9 Å². The summed E-state index contributed by atoms with van der Waals surface area (Å²) in [4.78, 5) is 0. The number of aromatic nitrogens is 2. The fourth-order valence-electron chi connectivity index (χ4n) is 1.80. The first kappa shape index (κ1) is 14.3. The van der Waals surface area contributed by atoms with E-state index in [0.717, 1.165) is 22.4 Å². The number of halogens is 1. The Balaban J connectivity index is 2.16. The lowest BCUT2D eigenvalue weighted by atomic mass is 10.1. The van der Waals surface area contributed by atoms with E-state index >= 15 is 0 Å². The molecule has 0 aliphatic rings. The molecule has 0 fully saturated rings. The van der Waals surface area contributed by atoms with Crippen molar-refractivity contribution in [3.63, 3.8) is 0 Å². The third-order valence-electron chi connectivity index (χ3n) is 2.74. The van der Waals surface area contributed by atoms with Gasteiger partial charge < -0.3 is 5.32 Å². The van der Waals surface area contributed by atoms with Gasteiger partial charge in [0.25, 0.3) is 0 Å². The highest BCUT2D eigenvalue weighted by atomic mass is 79.9. The van der Waals surface area contributed by atoms with E-state index in [2.05, 4.69) is 78.3 Å². The van der Waals surface area contributed by atoms with Gasteiger partial charge in [0, 0.05) is 22.8 Å². The summed E-state index contributed by atoms with van der Waals surface area (Å²) in [5.74, 6) is 0. The molecule has 0 atom stereocenters. The number of nitrogens with one attached hydrogen (secondary N) is 1. The van der Waals surface area contributed by atoms with Gasteiger partial charge in [-0.2, -0.15) is 5.10 Å². The molecule has 2 aromatic rings. The van der Waals surface area contributed by atoms with Crippen molar-refractivity contribution in [1.29, 1.82) is 0 Å². The Labute approximate surface area is 123 Å². The lowest BCUT2D eigenvalue weighted by molar-refractivity contribution is 0.420. The van der Waals surface area contributed by atoms with Gasteiger partial charge in [0.2, 0.25) is 0 Å². The van der Waals surface area contributed by atoms with Crippen LogP contribution in [-0.2, 0) is 6.54 Å². The first-order valence-corrected chi connectivity index (χ1v) is 7.20. The van der Waals surface area contributed by atoms with Gasteiger partial charge in [0.15, 0.2) is 0 Å². The maximum absolute atomic E-state index is 4.60. The van der Waals surface area contributed by atoms with Gasteiger partial charge in [-0.15, -0.1) is 0 Å². The molecule has 102 valence electrons. The minimum atomic E-state index is 0.107. The summed E-state index contributed by atoms with van der Waals surface area (Å²) in [5.41, 5.74) is 3.45. The smallest absolute Gasteiger partial charge is 0.0767 e. The van der Waals surface area contributed by atoms with Gasteiger partial charge in [-0.3, -0.25) is 0 Å². The summed E-state index contributed by atoms with van der Waals surface area (Å²) < 4.78 is 2.99. The SMILES string of the molecule is Cc1cc(Br)cc(-n2ccc(CNC(C)(C)C)n2)c1. The fraction of sp³-hybridized carbons (Fsp3) is 0.400. The third kappa shape index (κ3) is 4.18. The Morgan fingerprint density at radius 1 is 1.26 bits per heavy atom. The molecule has 0 radical (unpaired) electrons. The summed E-state index contributed by atoms with van der Waals surface area (Å²) in [6.45, 7) is 9.33. The van der Waals surface area contributed by atoms with E-state index in [-0.39, 0.29) is 5.54 Å². The zero-order chi connectivity index (χ0) is 14.0. The van der Waals surface area contributed by atoms with Crippen molar-refractivity contribution in [3.8, 4) is 5.69 Å². The monoisotopic (exact) mass is 321 g/mol. The molecule has 1 aromatic carbocycles. The third-order valence-corrected chi connectivity index (χ3v) is 3.19. The van der Waals surface area contributed by atoms with Crippen molar-refractivity contribution in [2.75, 3.05) is 0 Å². The topological polar surface area (TPSA) is 29.9 Å². The second-order valence-corrected chi connectivity index (χ2v) is 6.76. The van der Waals surface area contributed by atoms with E-state index in [0.29, 0.717) is 0 Å². The van der Waals surface area contributed by atoms with E-state index in [4.69, 9.17) is 0 Å². The molecule has 0 unspecified atom stereocenters. The Hall–Kier alpha value is -1.13. The molecule has 1 aromatic heterocycles. The fourth-order valence-corrected chi connectivity index (χ4v) is 2.40. The first-order chi connectivity index (χ1) is 8.83. The predicted molar refractivity (Wildman–Crippen MR) is 82.6 cm³/mol. The lowest BCUT2D eigenvalue weighted by Gasteiger charge is -2.19. The highest BCUT2D eigenvalue weighted by Crippen LogP contribution is 2.18. The molecular weight excluding hydrogens is 302 g/mol. The van der Waals surface area contributed by atoms with Crippen LogP contribution in [0, 0.1) is 6.92 Å². The minimum absolute atomic E-state index is 0.107. The second-order valence-electron chi connectivity index (χ2n) is 5.84. The van der Waals surface area contributed by atoms with Gasteiger partial charge in [0.1, 0.15) is 0 Å². The number of aryl methyl sites for hydroxylation is 1. The lowest BCUT2D eigenvalue weighted by Crippen LogP contribution is -2.35. The van der Waals surface area contributed by atoms with Crippen LogP contribution in [0.15, 0.2) is 34.9 Å². The molecule has 1 heterocycles. The molecule has 0 amide bonds. The average Bonchev–Trinajstić information content (AvgIpc) is 2.72. The number of rotatable bonds is 3. The molecule has 1 N–H and O–H groups in total. The molecule has 0 saturated heterocycles. The van der Waals surface area contributed by atoms with Gasteiger partial charge in [-0.1, -0.05) is 15.9 Å². The standard InChI is InChI=1S/C15H20BrN3/c1-11-7-12(16)9-14(8-11)19-6-5-13(18-19)10-17-15(2,3)4/h5-9,17H,10H2,1-4H3. The van der Waals surface area contributed by atoms with Crippen molar-refractivity contribution in [2.45, 2.75) is 39.8 Å². The number of benzene rings is 1. The van der Waals surface area contributed by atoms with Crippen molar-refractivity contribution in [3.05, 3.63) is 46.2 Å². The van der Waals surface area contributed by atoms with Crippen LogP contribution in [-0.4, -0.2) is 15.3 Å². The molecule has 3 nitrogen and oxygen atoms in total. The number of hydrogen-bond donors (Lipinski definition) is 1. The van der Waals surface area contributed by atoms with Gasteiger partial charge in [-0.05, 0) is 57.5 Å². The normalized spacial score (nSPS) is 11.8. The summed E-state index contributed by atoms with van der Waals surface area (Å²) in [6.07, 6.45) is 2.00. The van der Waals surface area contributed by atoms with Gasteiger partial charge in [0.05, 0.1) is 11.4 Å². The number of nitrogens with zero attached hydrogens (tertiary/aromatic N) is 2. The zero-order valence-corrected chi connectivity index (χ0v) is 13.5. The number of hydrogen-bond acceptors (Lipinski definition) is 2. The molecule has 4 heteroatoms. The van der Waals surface area contributed by atoms with Crippen molar-refractivity contribution < 1.29 is 0 Å². The molecule has 0 aliphatic heterocycles. The van der Waals surface area contributed by atoms with Gasteiger partial charge in [-0.25, -0.2) is 4.68 Å². The molecule has 2 rings (SSSR count). The van der Waals surface area contributed by atoms with E-state index in [9.17, 15) is 0 Å². The largest absolute Gasteiger partial charge is 0.306 e. The zero-order valence-electron chi connectivity index (χ0n) is 11.9. The predicted octanol–water partition coefficient (Wildman–Crippen LogP) is 3.83. The summed E-state index contributed by atoms with van der Waals surface area (Å²) in [5, 5.41) is 8.04. The minimum Gasteiger partial charge on any atom is -0.306 e. The molecule has 0 saturated carbocycles. The maximum Gasteiger partial charge on any atom is 0.0767 e. The highest BCUT2D eigenvalue weighted by Gasteiger charge is 2.10. The maximum atomic E-state index is 4.60. The Bertz CT molecular complexity index is 547. The van der Waals surface area contributed by atoms with Crippen LogP contribution >= 0.6 is 15.9 Å². The van der Waals surface area contributed by atoms with Crippen LogP contribution in [0.3, 0.4) is 0 Å². The van der Waals surface area contributed by atoms with Gasteiger partial charge >= 0.3 is 0 Å². The quantitative estimate of drug-likeness (QED) is 0.931. The second kappa shape index (κ2) is 5.47. The Morgan fingerprint density at radius 2 is 2.00 bits per heavy atom. The van der Waals surface area contributed by atoms with Crippen LogP contribution in [0.2, 0.25) is 0 Å². The first-order valence-electron chi connectivity index (χ1n) is 6.41. The average molecular weight is 322 g/mol. The van der Waals surface area contributed by atoms with Crippen LogP contribution in [0.4, 0.5) is 0 Å². The molecule has 0 aliphatic carbocycles. The van der Waals surface area contributed by atoms with Crippen molar-refractivity contribution >= 4 is 15.9 Å². The van der Waals surface area contributed by atoms with Crippen molar-refractivity contribution in [2.24, 2.45) is 0 Å². The summed E-state index contributed by atoms with van der Waals surface area (Å²) in [7, 11) is 0. The highest BCUT2D eigenvalue weighted by molar-refractivity contribution is 9.10. The van der Waals surface area contributed by atoms with E-state index < -0.39 is 0 Å². The van der Waals surface area contributed by atoms with Crippen molar-refractivity contribution in [1.82, 2.24) is 15.1 Å². The Morgan fingerprint density at radius 3 is 2.63 bits per heavy atom. The molecule has 0 bridgehead atoms.